The molecule has 0 aromatic carbocycles. The number of aliphatic hydroxyl groups is 1. The van der Waals surface area contributed by atoms with Gasteiger partial charge in [0.05, 0.1) is 13.2 Å². The fourth-order valence-corrected chi connectivity index (χ4v) is 2.63. The van der Waals surface area contributed by atoms with Crippen molar-refractivity contribution >= 4 is 5.91 Å². The van der Waals surface area contributed by atoms with Crippen molar-refractivity contribution in [2.45, 2.75) is 45.6 Å². The van der Waals surface area contributed by atoms with E-state index in [2.05, 4.69) is 6.92 Å². The largest absolute Gasteiger partial charge is 0.395 e. The standard InChI is InChI=1S/C14H28N2O2/c1-4-16(9-10-17)11-14(18)15(3)13-7-5-12(2)6-8-13/h12-13,17H,4-11H2,1-3H3. The molecule has 0 aromatic rings. The highest BCUT2D eigenvalue weighted by molar-refractivity contribution is 5.78. The van der Waals surface area contributed by atoms with E-state index < -0.39 is 0 Å². The molecule has 1 aliphatic carbocycles. The molecule has 1 saturated carbocycles. The fraction of sp³-hybridized carbons (Fsp3) is 0.929. The van der Waals surface area contributed by atoms with Crippen LogP contribution in [0.2, 0.25) is 0 Å². The Hall–Kier alpha value is -0.610. The first-order valence-corrected chi connectivity index (χ1v) is 7.17. The van der Waals surface area contributed by atoms with Gasteiger partial charge in [0.15, 0.2) is 0 Å². The Balaban J connectivity index is 2.40. The summed E-state index contributed by atoms with van der Waals surface area (Å²) in [4.78, 5) is 16.1. The van der Waals surface area contributed by atoms with Gasteiger partial charge in [-0.2, -0.15) is 0 Å². The van der Waals surface area contributed by atoms with E-state index in [0.717, 1.165) is 25.3 Å². The zero-order valence-electron chi connectivity index (χ0n) is 12.1. The van der Waals surface area contributed by atoms with Gasteiger partial charge >= 0.3 is 0 Å². The number of nitrogens with zero attached hydrogens (tertiary/aromatic N) is 2. The van der Waals surface area contributed by atoms with Crippen molar-refractivity contribution in [3.05, 3.63) is 0 Å². The normalized spacial score (nSPS) is 24.3. The van der Waals surface area contributed by atoms with Gasteiger partial charge in [0, 0.05) is 19.6 Å². The molecule has 0 bridgehead atoms. The van der Waals surface area contributed by atoms with Crippen LogP contribution in [0.15, 0.2) is 0 Å². The number of carbonyl (C=O) groups is 1. The van der Waals surface area contributed by atoms with Crippen molar-refractivity contribution in [3.8, 4) is 0 Å². The van der Waals surface area contributed by atoms with Gasteiger partial charge in [0.2, 0.25) is 5.91 Å². The first kappa shape index (κ1) is 15.4. The van der Waals surface area contributed by atoms with Crippen LogP contribution in [0.1, 0.15) is 39.5 Å². The molecule has 1 aliphatic rings. The number of aliphatic hydroxyl groups excluding tert-OH is 1. The van der Waals surface area contributed by atoms with Gasteiger partial charge in [-0.15, -0.1) is 0 Å². The molecule has 0 unspecified atom stereocenters. The van der Waals surface area contributed by atoms with Crippen LogP contribution in [0.3, 0.4) is 0 Å². The lowest BCUT2D eigenvalue weighted by Crippen LogP contribution is -2.45. The molecule has 1 amide bonds. The Kier molecular flexibility index (Phi) is 6.65. The molecular formula is C14H28N2O2. The van der Waals surface area contributed by atoms with Crippen LogP contribution in [0.5, 0.6) is 0 Å². The summed E-state index contributed by atoms with van der Waals surface area (Å²) in [6.07, 6.45) is 4.73. The maximum Gasteiger partial charge on any atom is 0.236 e. The van der Waals surface area contributed by atoms with Gasteiger partial charge in [-0.1, -0.05) is 13.8 Å². The van der Waals surface area contributed by atoms with Gasteiger partial charge in [0.1, 0.15) is 0 Å². The van der Waals surface area contributed by atoms with Gasteiger partial charge in [-0.25, -0.2) is 0 Å². The van der Waals surface area contributed by atoms with E-state index in [-0.39, 0.29) is 12.5 Å². The van der Waals surface area contributed by atoms with Gasteiger partial charge in [-0.05, 0) is 38.1 Å². The highest BCUT2D eigenvalue weighted by Crippen LogP contribution is 2.26. The predicted octanol–water partition coefficient (Wildman–Crippen LogP) is 1.34. The minimum Gasteiger partial charge on any atom is -0.395 e. The number of hydrogen-bond donors (Lipinski definition) is 1. The summed E-state index contributed by atoms with van der Waals surface area (Å²) >= 11 is 0. The second-order valence-electron chi connectivity index (χ2n) is 5.51. The quantitative estimate of drug-likeness (QED) is 0.780. The van der Waals surface area contributed by atoms with Crippen molar-refractivity contribution in [1.29, 1.82) is 0 Å². The van der Waals surface area contributed by atoms with Gasteiger partial charge in [-0.3, -0.25) is 9.69 Å². The predicted molar refractivity (Wildman–Crippen MR) is 73.4 cm³/mol. The molecule has 106 valence electrons. The minimum atomic E-state index is 0.117. The van der Waals surface area contributed by atoms with Crippen LogP contribution in [0, 0.1) is 5.92 Å². The Bertz CT molecular complexity index is 250. The van der Waals surface area contributed by atoms with Crippen LogP contribution in [0.4, 0.5) is 0 Å². The van der Waals surface area contributed by atoms with E-state index in [1.807, 2.05) is 23.8 Å². The second-order valence-corrected chi connectivity index (χ2v) is 5.51. The third-order valence-corrected chi connectivity index (χ3v) is 4.15. The lowest BCUT2D eigenvalue weighted by atomic mass is 9.87. The molecule has 0 radical (unpaired) electrons. The Morgan fingerprint density at radius 1 is 1.28 bits per heavy atom. The highest BCUT2D eigenvalue weighted by atomic mass is 16.3. The summed E-state index contributed by atoms with van der Waals surface area (Å²) in [6.45, 7) is 6.24. The van der Waals surface area contributed by atoms with Crippen molar-refractivity contribution in [1.82, 2.24) is 9.80 Å². The summed E-state index contributed by atoms with van der Waals surface area (Å²) < 4.78 is 0. The van der Waals surface area contributed by atoms with Crippen LogP contribution < -0.4 is 0 Å². The fourth-order valence-electron chi connectivity index (χ4n) is 2.63. The maximum absolute atomic E-state index is 12.2. The first-order chi connectivity index (χ1) is 8.58. The topological polar surface area (TPSA) is 43.8 Å². The molecule has 1 N–H and O–H groups in total. The number of hydrogen-bond acceptors (Lipinski definition) is 3. The molecule has 0 saturated heterocycles. The van der Waals surface area contributed by atoms with Crippen LogP contribution in [-0.4, -0.2) is 60.1 Å². The molecule has 1 fully saturated rings. The van der Waals surface area contributed by atoms with E-state index in [9.17, 15) is 4.79 Å². The number of amides is 1. The summed E-state index contributed by atoms with van der Waals surface area (Å²) in [5.74, 6) is 0.996. The molecule has 0 spiro atoms. The van der Waals surface area contributed by atoms with Gasteiger partial charge in [0.25, 0.3) is 0 Å². The van der Waals surface area contributed by atoms with Crippen molar-refractivity contribution in [2.75, 3.05) is 33.3 Å². The Morgan fingerprint density at radius 2 is 1.89 bits per heavy atom. The van der Waals surface area contributed by atoms with Crippen molar-refractivity contribution < 1.29 is 9.90 Å². The van der Waals surface area contributed by atoms with E-state index in [4.69, 9.17) is 5.11 Å². The van der Waals surface area contributed by atoms with E-state index in [1.165, 1.54) is 12.8 Å². The lowest BCUT2D eigenvalue weighted by molar-refractivity contribution is -0.134. The van der Waals surface area contributed by atoms with E-state index in [0.29, 0.717) is 19.1 Å². The third kappa shape index (κ3) is 4.58. The molecule has 1 rings (SSSR count). The highest BCUT2D eigenvalue weighted by Gasteiger charge is 2.25. The maximum atomic E-state index is 12.2. The number of rotatable bonds is 6. The van der Waals surface area contributed by atoms with Crippen molar-refractivity contribution in [2.24, 2.45) is 5.92 Å². The molecule has 4 nitrogen and oxygen atoms in total. The number of carbonyl (C=O) groups excluding carboxylic acids is 1. The smallest absolute Gasteiger partial charge is 0.236 e. The SMILES string of the molecule is CCN(CCO)CC(=O)N(C)C1CCC(C)CC1. The van der Waals surface area contributed by atoms with Crippen LogP contribution in [-0.2, 0) is 4.79 Å². The zero-order chi connectivity index (χ0) is 13.5. The molecular weight excluding hydrogens is 228 g/mol. The number of likely N-dealkylation sites (N-methyl/N-ethyl adjacent to an activating group) is 2. The van der Waals surface area contributed by atoms with Crippen LogP contribution >= 0.6 is 0 Å². The second kappa shape index (κ2) is 7.74. The minimum absolute atomic E-state index is 0.117. The molecule has 4 heteroatoms. The van der Waals surface area contributed by atoms with Crippen molar-refractivity contribution in [3.63, 3.8) is 0 Å². The first-order valence-electron chi connectivity index (χ1n) is 7.17. The molecule has 0 aliphatic heterocycles. The summed E-state index contributed by atoms with van der Waals surface area (Å²) in [5.41, 5.74) is 0. The molecule has 18 heavy (non-hydrogen) atoms. The average Bonchev–Trinajstić information content (AvgIpc) is 2.38. The summed E-state index contributed by atoms with van der Waals surface area (Å²) in [6, 6.07) is 0.418. The van der Waals surface area contributed by atoms with E-state index in [1.54, 1.807) is 0 Å². The lowest BCUT2D eigenvalue weighted by Gasteiger charge is -2.34. The van der Waals surface area contributed by atoms with Crippen LogP contribution in [0.25, 0.3) is 0 Å². The Morgan fingerprint density at radius 3 is 2.39 bits per heavy atom. The zero-order valence-corrected chi connectivity index (χ0v) is 12.1. The average molecular weight is 256 g/mol. The molecule has 0 aromatic heterocycles. The Labute approximate surface area is 111 Å². The molecule has 0 atom stereocenters. The third-order valence-electron chi connectivity index (χ3n) is 4.15. The van der Waals surface area contributed by atoms with Gasteiger partial charge < -0.3 is 10.0 Å². The molecule has 0 heterocycles. The van der Waals surface area contributed by atoms with E-state index >= 15 is 0 Å². The summed E-state index contributed by atoms with van der Waals surface area (Å²) in [7, 11) is 1.93. The summed E-state index contributed by atoms with van der Waals surface area (Å²) in [5, 5.41) is 8.93. The monoisotopic (exact) mass is 256 g/mol.